The largest absolute Gasteiger partial charge is 0.491 e. The molecule has 2 aromatic carbocycles. The zero-order valence-electron chi connectivity index (χ0n) is 21.6. The molecule has 2 aromatic heterocycles. The Labute approximate surface area is 217 Å². The fourth-order valence-corrected chi connectivity index (χ4v) is 4.84. The number of methoxy groups -OCH3 is 1. The van der Waals surface area contributed by atoms with Gasteiger partial charge in [-0.15, -0.1) is 0 Å². The van der Waals surface area contributed by atoms with Gasteiger partial charge in [0.25, 0.3) is 0 Å². The fraction of sp³-hybridized carbons (Fsp3) is 0.310. The van der Waals surface area contributed by atoms with E-state index in [1.54, 1.807) is 25.3 Å². The third-order valence-electron chi connectivity index (χ3n) is 6.20. The molecular formula is C29H33N3O3S. The third-order valence-corrected chi connectivity index (χ3v) is 7.07. The first kappa shape index (κ1) is 25.6. The van der Waals surface area contributed by atoms with Gasteiger partial charge < -0.3 is 14.0 Å². The minimum Gasteiger partial charge on any atom is -0.491 e. The monoisotopic (exact) mass is 503 g/mol. The van der Waals surface area contributed by atoms with Crippen LogP contribution in [0.4, 0.5) is 5.88 Å². The normalized spacial score (nSPS) is 10.9. The average molecular weight is 504 g/mol. The van der Waals surface area contributed by atoms with Gasteiger partial charge in [-0.1, -0.05) is 54.9 Å². The quantitative estimate of drug-likeness (QED) is 0.210. The Morgan fingerprint density at radius 3 is 2.58 bits per heavy atom. The molecule has 188 valence electrons. The Balaban J connectivity index is 1.59. The van der Waals surface area contributed by atoms with E-state index in [4.69, 9.17) is 14.0 Å². The lowest BCUT2D eigenvalue weighted by atomic mass is 9.94. The number of nitrogens with zero attached hydrogens (tertiary/aromatic N) is 2. The number of benzene rings is 2. The molecule has 36 heavy (non-hydrogen) atoms. The third kappa shape index (κ3) is 5.85. The molecule has 0 radical (unpaired) electrons. The molecule has 0 bridgehead atoms. The predicted octanol–water partition coefficient (Wildman–Crippen LogP) is 7.71. The van der Waals surface area contributed by atoms with E-state index in [1.165, 1.54) is 16.7 Å². The maximum atomic E-state index is 6.13. The summed E-state index contributed by atoms with van der Waals surface area (Å²) in [5.74, 6) is 2.07. The highest BCUT2D eigenvalue weighted by Gasteiger charge is 2.14. The van der Waals surface area contributed by atoms with Crippen LogP contribution in [0.5, 0.6) is 11.5 Å². The van der Waals surface area contributed by atoms with Crippen LogP contribution in [0, 0.1) is 20.8 Å². The first-order chi connectivity index (χ1) is 17.5. The van der Waals surface area contributed by atoms with Crippen molar-refractivity contribution in [3.8, 4) is 22.6 Å². The molecule has 2 heterocycles. The zero-order valence-corrected chi connectivity index (χ0v) is 22.4. The van der Waals surface area contributed by atoms with Crippen LogP contribution in [0.3, 0.4) is 0 Å². The second-order valence-electron chi connectivity index (χ2n) is 8.73. The maximum absolute atomic E-state index is 6.13. The Morgan fingerprint density at radius 1 is 1.00 bits per heavy atom. The van der Waals surface area contributed by atoms with E-state index in [1.807, 2.05) is 26.8 Å². The number of ether oxygens (including phenoxy) is 2. The van der Waals surface area contributed by atoms with Crippen molar-refractivity contribution in [2.24, 2.45) is 0 Å². The molecule has 0 aliphatic heterocycles. The number of unbranched alkanes of at least 4 members (excludes halogenated alkanes) is 1. The lowest BCUT2D eigenvalue weighted by Crippen LogP contribution is -2.01. The first-order valence-corrected chi connectivity index (χ1v) is 13.0. The van der Waals surface area contributed by atoms with Gasteiger partial charge in [-0.05, 0) is 73.9 Å². The standard InChI is InChI=1S/C29H33N3O3S/c1-6-7-10-23-17-22(18-34-26-15-16-30-21(4)28(26)33-5)13-14-24(23)25-11-8-9-12-27(25)36-32-29-19(2)20(3)31-35-29/h8-9,11-17,32H,6-7,10,18H2,1-5H3. The van der Waals surface area contributed by atoms with E-state index >= 15 is 0 Å². The first-order valence-electron chi connectivity index (χ1n) is 12.2. The molecule has 4 rings (SSSR count). The molecule has 0 spiro atoms. The van der Waals surface area contributed by atoms with Crippen molar-refractivity contribution in [3.05, 3.63) is 82.8 Å². The highest BCUT2D eigenvalue weighted by atomic mass is 32.2. The average Bonchev–Trinajstić information content (AvgIpc) is 3.22. The molecule has 0 saturated heterocycles. The summed E-state index contributed by atoms with van der Waals surface area (Å²) in [6.45, 7) is 8.55. The molecule has 0 saturated carbocycles. The molecule has 0 fully saturated rings. The SMILES string of the molecule is CCCCc1cc(COc2ccnc(C)c2OC)ccc1-c1ccccc1SNc1onc(C)c1C. The van der Waals surface area contributed by atoms with Gasteiger partial charge in [0.2, 0.25) is 5.88 Å². The highest BCUT2D eigenvalue weighted by molar-refractivity contribution is 8.00. The van der Waals surface area contributed by atoms with Crippen LogP contribution in [-0.4, -0.2) is 17.3 Å². The Hall–Kier alpha value is -3.45. The molecular weight excluding hydrogens is 470 g/mol. The Morgan fingerprint density at radius 2 is 1.83 bits per heavy atom. The van der Waals surface area contributed by atoms with E-state index < -0.39 is 0 Å². The summed E-state index contributed by atoms with van der Waals surface area (Å²) in [5, 5.41) is 4.05. The van der Waals surface area contributed by atoms with Crippen molar-refractivity contribution in [3.63, 3.8) is 0 Å². The lowest BCUT2D eigenvalue weighted by molar-refractivity contribution is 0.282. The summed E-state index contributed by atoms with van der Waals surface area (Å²) in [7, 11) is 1.64. The fourth-order valence-electron chi connectivity index (χ4n) is 4.02. The predicted molar refractivity (Wildman–Crippen MR) is 146 cm³/mol. The number of nitrogens with one attached hydrogen (secondary N) is 1. The summed E-state index contributed by atoms with van der Waals surface area (Å²) in [4.78, 5) is 5.42. The second kappa shape index (κ2) is 12.0. The van der Waals surface area contributed by atoms with Gasteiger partial charge in [0, 0.05) is 22.7 Å². The van der Waals surface area contributed by atoms with Crippen LogP contribution in [0.25, 0.3) is 11.1 Å². The summed E-state index contributed by atoms with van der Waals surface area (Å²) in [6, 6.07) is 16.9. The topological polar surface area (TPSA) is 69.4 Å². The van der Waals surface area contributed by atoms with Gasteiger partial charge in [0.05, 0.1) is 18.5 Å². The van der Waals surface area contributed by atoms with Gasteiger partial charge in [0.1, 0.15) is 6.61 Å². The van der Waals surface area contributed by atoms with Crippen molar-refractivity contribution in [1.29, 1.82) is 0 Å². The summed E-state index contributed by atoms with van der Waals surface area (Å²) >= 11 is 1.54. The van der Waals surface area contributed by atoms with Gasteiger partial charge in [-0.25, -0.2) is 0 Å². The molecule has 6 nitrogen and oxygen atoms in total. The molecule has 0 amide bonds. The van der Waals surface area contributed by atoms with E-state index in [-0.39, 0.29) is 0 Å². The smallest absolute Gasteiger partial charge is 0.237 e. The number of hydrogen-bond acceptors (Lipinski definition) is 7. The number of rotatable bonds is 11. The summed E-state index contributed by atoms with van der Waals surface area (Å²) in [5.41, 5.74) is 7.59. The van der Waals surface area contributed by atoms with Crippen LogP contribution in [0.15, 0.2) is 64.1 Å². The van der Waals surface area contributed by atoms with Crippen LogP contribution in [0.1, 0.15) is 47.8 Å². The van der Waals surface area contributed by atoms with Gasteiger partial charge in [0.15, 0.2) is 11.5 Å². The Kier molecular flexibility index (Phi) is 8.54. The number of hydrogen-bond donors (Lipinski definition) is 1. The number of pyridine rings is 1. The van der Waals surface area contributed by atoms with Gasteiger partial charge in [-0.2, -0.15) is 0 Å². The zero-order chi connectivity index (χ0) is 25.5. The van der Waals surface area contributed by atoms with Crippen LogP contribution in [0.2, 0.25) is 0 Å². The lowest BCUT2D eigenvalue weighted by Gasteiger charge is -2.16. The number of anilines is 1. The van der Waals surface area contributed by atoms with Gasteiger partial charge >= 0.3 is 0 Å². The van der Waals surface area contributed by atoms with E-state index in [0.717, 1.165) is 46.7 Å². The van der Waals surface area contributed by atoms with Crippen molar-refractivity contribution in [2.75, 3.05) is 11.8 Å². The molecule has 7 heteroatoms. The van der Waals surface area contributed by atoms with Crippen molar-refractivity contribution >= 4 is 17.8 Å². The molecule has 0 aliphatic rings. The molecule has 0 atom stereocenters. The van der Waals surface area contributed by atoms with Gasteiger partial charge in [-0.3, -0.25) is 9.71 Å². The van der Waals surface area contributed by atoms with Crippen LogP contribution in [-0.2, 0) is 13.0 Å². The molecule has 1 N–H and O–H groups in total. The highest BCUT2D eigenvalue weighted by Crippen LogP contribution is 2.36. The van der Waals surface area contributed by atoms with Crippen LogP contribution >= 0.6 is 11.9 Å². The molecule has 0 unspecified atom stereocenters. The van der Waals surface area contributed by atoms with Crippen molar-refractivity contribution in [1.82, 2.24) is 10.1 Å². The second-order valence-corrected chi connectivity index (χ2v) is 9.58. The van der Waals surface area contributed by atoms with E-state index in [2.05, 4.69) is 64.3 Å². The minimum absolute atomic E-state index is 0.460. The number of aryl methyl sites for hydroxylation is 3. The summed E-state index contributed by atoms with van der Waals surface area (Å²) < 4.78 is 20.4. The Bertz CT molecular complexity index is 1320. The minimum atomic E-state index is 0.460. The molecule has 0 aliphatic carbocycles. The van der Waals surface area contributed by atoms with Crippen LogP contribution < -0.4 is 14.2 Å². The summed E-state index contributed by atoms with van der Waals surface area (Å²) in [6.07, 6.45) is 5.01. The number of aromatic nitrogens is 2. The molecule has 4 aromatic rings. The maximum Gasteiger partial charge on any atom is 0.237 e. The van der Waals surface area contributed by atoms with E-state index in [0.29, 0.717) is 24.0 Å². The van der Waals surface area contributed by atoms with E-state index in [9.17, 15) is 0 Å². The van der Waals surface area contributed by atoms with Crippen molar-refractivity contribution < 1.29 is 14.0 Å². The van der Waals surface area contributed by atoms with Crippen molar-refractivity contribution in [2.45, 2.75) is 58.5 Å².